The molecule has 0 heterocycles. The predicted octanol–water partition coefficient (Wildman–Crippen LogP) is 4.90. The predicted molar refractivity (Wildman–Crippen MR) is 156 cm³/mol. The van der Waals surface area contributed by atoms with Crippen LogP contribution in [-0.2, 0) is 26.2 Å². The number of nitrogens with one attached hydrogen (secondary N) is 1. The van der Waals surface area contributed by atoms with Crippen molar-refractivity contribution in [3.63, 3.8) is 0 Å². The van der Waals surface area contributed by atoms with Gasteiger partial charge in [-0.05, 0) is 60.5 Å². The number of benzene rings is 3. The summed E-state index contributed by atoms with van der Waals surface area (Å²) in [5, 5.41) is 3.21. The monoisotopic (exact) mass is 625 g/mol. The number of halogens is 3. The second-order valence-corrected chi connectivity index (χ2v) is 11.5. The molecule has 220 valence electrons. The zero-order valence-electron chi connectivity index (χ0n) is 22.9. The summed E-state index contributed by atoms with van der Waals surface area (Å²) in [5.41, 5.74) is 0.537. The van der Waals surface area contributed by atoms with Crippen molar-refractivity contribution < 1.29 is 31.9 Å². The molecule has 0 bridgehead atoms. The molecule has 0 spiro atoms. The highest BCUT2D eigenvalue weighted by atomic mass is 35.5. The van der Waals surface area contributed by atoms with Gasteiger partial charge in [0.15, 0.2) is 11.5 Å². The van der Waals surface area contributed by atoms with Gasteiger partial charge in [-0.1, -0.05) is 36.2 Å². The van der Waals surface area contributed by atoms with E-state index in [1.807, 2.05) is 0 Å². The Balaban J connectivity index is 2.11. The Kier molecular flexibility index (Phi) is 10.8. The molecule has 3 aromatic carbocycles. The highest BCUT2D eigenvalue weighted by molar-refractivity contribution is 7.92. The molecule has 9 nitrogen and oxygen atoms in total. The lowest BCUT2D eigenvalue weighted by Gasteiger charge is -2.33. The summed E-state index contributed by atoms with van der Waals surface area (Å²) >= 11 is 12.4. The van der Waals surface area contributed by atoms with Crippen LogP contribution in [0.4, 0.5) is 10.1 Å². The summed E-state index contributed by atoms with van der Waals surface area (Å²) in [4.78, 5) is 27.8. The Morgan fingerprint density at radius 1 is 0.976 bits per heavy atom. The standard InChI is InChI=1S/C28H30Cl2FN3O6S/c1-5-24(28(36)32-2)33(16-18-6-7-19(29)14-23(18)30)27(35)17-34(21-10-8-20(31)9-11-21)41(37,38)22-12-13-25(39-3)26(15-22)40-4/h6-15,24H,5,16-17H2,1-4H3,(H,32,36). The van der Waals surface area contributed by atoms with Crippen LogP contribution in [0, 0.1) is 5.82 Å². The Bertz CT molecular complexity index is 1510. The van der Waals surface area contributed by atoms with Crippen molar-refractivity contribution >= 4 is 50.7 Å². The fraction of sp³-hybridized carbons (Fsp3) is 0.286. The van der Waals surface area contributed by atoms with E-state index < -0.39 is 40.2 Å². The van der Waals surface area contributed by atoms with E-state index in [1.165, 1.54) is 62.6 Å². The van der Waals surface area contributed by atoms with Gasteiger partial charge in [0.05, 0.1) is 24.8 Å². The Morgan fingerprint density at radius 3 is 2.20 bits per heavy atom. The van der Waals surface area contributed by atoms with Crippen LogP contribution in [0.2, 0.25) is 10.0 Å². The summed E-state index contributed by atoms with van der Waals surface area (Å²) in [6.45, 7) is 0.914. The number of rotatable bonds is 12. The first-order valence-electron chi connectivity index (χ1n) is 12.4. The Morgan fingerprint density at radius 2 is 1.63 bits per heavy atom. The van der Waals surface area contributed by atoms with Crippen molar-refractivity contribution in [1.82, 2.24) is 10.2 Å². The number of carbonyl (C=O) groups excluding carboxylic acids is 2. The second-order valence-electron chi connectivity index (χ2n) is 8.80. The first kappa shape index (κ1) is 32.0. The molecule has 0 radical (unpaired) electrons. The number of hydrogen-bond donors (Lipinski definition) is 1. The molecule has 1 atom stereocenters. The van der Waals surface area contributed by atoms with Gasteiger partial charge < -0.3 is 19.7 Å². The molecule has 3 aromatic rings. The molecule has 2 amide bonds. The van der Waals surface area contributed by atoms with E-state index in [9.17, 15) is 22.4 Å². The number of likely N-dealkylation sites (N-methyl/N-ethyl adjacent to an activating group) is 1. The van der Waals surface area contributed by atoms with Gasteiger partial charge in [0, 0.05) is 29.7 Å². The van der Waals surface area contributed by atoms with Crippen LogP contribution in [0.3, 0.4) is 0 Å². The SMILES string of the molecule is CCC(C(=O)NC)N(Cc1ccc(Cl)cc1Cl)C(=O)CN(c1ccc(F)cc1)S(=O)(=O)c1ccc(OC)c(OC)c1. The lowest BCUT2D eigenvalue weighted by molar-refractivity contribution is -0.140. The van der Waals surface area contributed by atoms with Crippen molar-refractivity contribution in [3.8, 4) is 11.5 Å². The molecule has 0 saturated heterocycles. The van der Waals surface area contributed by atoms with E-state index in [0.29, 0.717) is 16.3 Å². The molecule has 0 fully saturated rings. The van der Waals surface area contributed by atoms with Crippen molar-refractivity contribution in [1.29, 1.82) is 0 Å². The molecular weight excluding hydrogens is 596 g/mol. The molecule has 1 N–H and O–H groups in total. The van der Waals surface area contributed by atoms with E-state index >= 15 is 0 Å². The van der Waals surface area contributed by atoms with Gasteiger partial charge in [0.2, 0.25) is 11.8 Å². The minimum atomic E-state index is -4.41. The highest BCUT2D eigenvalue weighted by Gasteiger charge is 2.34. The Labute approximate surface area is 248 Å². The largest absolute Gasteiger partial charge is 0.493 e. The smallest absolute Gasteiger partial charge is 0.264 e. The number of anilines is 1. The minimum Gasteiger partial charge on any atom is -0.493 e. The topological polar surface area (TPSA) is 105 Å². The third-order valence-corrected chi connectivity index (χ3v) is 8.68. The quantitative estimate of drug-likeness (QED) is 0.307. The van der Waals surface area contributed by atoms with Crippen LogP contribution in [0.5, 0.6) is 11.5 Å². The second kappa shape index (κ2) is 13.9. The molecule has 0 aromatic heterocycles. The molecule has 0 aliphatic heterocycles. The Hall–Kier alpha value is -3.54. The summed E-state index contributed by atoms with van der Waals surface area (Å²) < 4.78 is 53.1. The molecule has 3 rings (SSSR count). The van der Waals surface area contributed by atoms with Gasteiger partial charge in [0.25, 0.3) is 10.0 Å². The summed E-state index contributed by atoms with van der Waals surface area (Å²) in [5.74, 6) is -1.27. The first-order valence-corrected chi connectivity index (χ1v) is 14.6. The van der Waals surface area contributed by atoms with E-state index in [1.54, 1.807) is 19.1 Å². The van der Waals surface area contributed by atoms with Crippen LogP contribution in [0.25, 0.3) is 0 Å². The summed E-state index contributed by atoms with van der Waals surface area (Å²) in [6, 6.07) is 12.4. The zero-order valence-corrected chi connectivity index (χ0v) is 25.2. The molecule has 0 aliphatic carbocycles. The summed E-state index contributed by atoms with van der Waals surface area (Å²) in [7, 11) is -0.204. The van der Waals surface area contributed by atoms with Crippen LogP contribution >= 0.6 is 23.2 Å². The molecule has 0 aliphatic rings. The van der Waals surface area contributed by atoms with Gasteiger partial charge >= 0.3 is 0 Å². The maximum Gasteiger partial charge on any atom is 0.264 e. The normalized spacial score (nSPS) is 11.9. The third-order valence-electron chi connectivity index (χ3n) is 6.32. The number of methoxy groups -OCH3 is 2. The average Bonchev–Trinajstić information content (AvgIpc) is 2.96. The fourth-order valence-electron chi connectivity index (χ4n) is 4.16. The van der Waals surface area contributed by atoms with Gasteiger partial charge in [-0.25, -0.2) is 12.8 Å². The summed E-state index contributed by atoms with van der Waals surface area (Å²) in [6.07, 6.45) is 0.232. The van der Waals surface area contributed by atoms with Crippen LogP contribution in [0.1, 0.15) is 18.9 Å². The number of nitrogens with zero attached hydrogens (tertiary/aromatic N) is 2. The van der Waals surface area contributed by atoms with Crippen LogP contribution < -0.4 is 19.1 Å². The van der Waals surface area contributed by atoms with E-state index in [2.05, 4.69) is 5.32 Å². The minimum absolute atomic E-state index is 0.0343. The molecule has 0 saturated carbocycles. The molecule has 1 unspecified atom stereocenters. The van der Waals surface area contributed by atoms with Crippen molar-refractivity contribution in [2.75, 3.05) is 32.1 Å². The number of carbonyl (C=O) groups is 2. The highest BCUT2D eigenvalue weighted by Crippen LogP contribution is 2.33. The first-order chi connectivity index (χ1) is 19.5. The third kappa shape index (κ3) is 7.41. The maximum absolute atomic E-state index is 14.0. The van der Waals surface area contributed by atoms with Crippen molar-refractivity contribution in [3.05, 3.63) is 82.1 Å². The number of sulfonamides is 1. The van der Waals surface area contributed by atoms with E-state index in [0.717, 1.165) is 16.4 Å². The molecule has 41 heavy (non-hydrogen) atoms. The molecule has 13 heteroatoms. The maximum atomic E-state index is 14.0. The number of ether oxygens (including phenoxy) is 2. The number of hydrogen-bond acceptors (Lipinski definition) is 6. The van der Waals surface area contributed by atoms with Crippen LogP contribution in [0.15, 0.2) is 65.6 Å². The lowest BCUT2D eigenvalue weighted by Crippen LogP contribution is -2.51. The average molecular weight is 627 g/mol. The van der Waals surface area contributed by atoms with Gasteiger partial charge in [-0.2, -0.15) is 0 Å². The fourth-order valence-corrected chi connectivity index (χ4v) is 6.06. The lowest BCUT2D eigenvalue weighted by atomic mass is 10.1. The van der Waals surface area contributed by atoms with E-state index in [-0.39, 0.29) is 34.3 Å². The van der Waals surface area contributed by atoms with Crippen molar-refractivity contribution in [2.45, 2.75) is 30.8 Å². The number of amides is 2. The van der Waals surface area contributed by atoms with Gasteiger partial charge in [-0.15, -0.1) is 0 Å². The van der Waals surface area contributed by atoms with Gasteiger partial charge in [-0.3, -0.25) is 13.9 Å². The van der Waals surface area contributed by atoms with E-state index in [4.69, 9.17) is 32.7 Å². The van der Waals surface area contributed by atoms with Gasteiger partial charge in [0.1, 0.15) is 18.4 Å². The zero-order chi connectivity index (χ0) is 30.3. The molecular formula is C28H30Cl2FN3O6S. The van der Waals surface area contributed by atoms with Crippen LogP contribution in [-0.4, -0.2) is 59.0 Å². The van der Waals surface area contributed by atoms with Crippen molar-refractivity contribution in [2.24, 2.45) is 0 Å².